The maximum atomic E-state index is 13.0. The highest BCUT2D eigenvalue weighted by Gasteiger charge is 2.33. The first kappa shape index (κ1) is 20.1. The van der Waals surface area contributed by atoms with Crippen molar-refractivity contribution in [1.82, 2.24) is 19.5 Å². The Morgan fingerprint density at radius 3 is 2.50 bits per heavy atom. The molecular formula is C19H18F3N5S. The van der Waals surface area contributed by atoms with Crippen LogP contribution in [0.2, 0.25) is 0 Å². The second kappa shape index (κ2) is 7.09. The number of hydrogen-bond acceptors (Lipinski definition) is 5. The number of thioether (sulfide) groups is 1. The molecule has 0 aromatic carbocycles. The molecular weight excluding hydrogens is 387 g/mol. The van der Waals surface area contributed by atoms with Gasteiger partial charge in [0.25, 0.3) is 0 Å². The van der Waals surface area contributed by atoms with Crippen molar-refractivity contribution in [1.29, 1.82) is 5.26 Å². The number of aryl methyl sites for hydroxylation is 1. The summed E-state index contributed by atoms with van der Waals surface area (Å²) in [6.45, 7) is 5.61. The number of rotatable bonds is 4. The first-order chi connectivity index (χ1) is 13.1. The minimum Gasteiger partial charge on any atom is -0.325 e. The predicted molar refractivity (Wildman–Crippen MR) is 102 cm³/mol. The molecule has 146 valence electrons. The van der Waals surface area contributed by atoms with Gasteiger partial charge in [-0.25, -0.2) is 9.97 Å². The van der Waals surface area contributed by atoms with Crippen LogP contribution in [0.15, 0.2) is 29.4 Å². The zero-order valence-electron chi connectivity index (χ0n) is 15.8. The molecule has 0 aliphatic heterocycles. The Balaban J connectivity index is 2.18. The number of nitrogens with zero attached hydrogens (tertiary/aromatic N) is 5. The molecule has 0 N–H and O–H groups in total. The third-order valence-corrected chi connectivity index (χ3v) is 5.33. The van der Waals surface area contributed by atoms with Crippen molar-refractivity contribution in [3.63, 3.8) is 0 Å². The number of aromatic nitrogens is 4. The van der Waals surface area contributed by atoms with Gasteiger partial charge in [0.05, 0.1) is 28.7 Å². The molecule has 0 aliphatic carbocycles. The van der Waals surface area contributed by atoms with E-state index in [-0.39, 0.29) is 5.52 Å². The average molecular weight is 405 g/mol. The van der Waals surface area contributed by atoms with Crippen molar-refractivity contribution in [2.75, 3.05) is 5.75 Å². The molecule has 0 radical (unpaired) electrons. The molecule has 0 bridgehead atoms. The Morgan fingerprint density at radius 2 is 1.89 bits per heavy atom. The molecule has 0 spiro atoms. The summed E-state index contributed by atoms with van der Waals surface area (Å²) in [4.78, 5) is 13.2. The highest BCUT2D eigenvalue weighted by atomic mass is 32.2. The minimum atomic E-state index is -4.53. The van der Waals surface area contributed by atoms with Crippen molar-refractivity contribution in [2.24, 2.45) is 7.05 Å². The summed E-state index contributed by atoms with van der Waals surface area (Å²) >= 11 is 1.54. The second-order valence-corrected chi connectivity index (χ2v) is 8.10. The molecule has 9 heteroatoms. The highest BCUT2D eigenvalue weighted by Crippen LogP contribution is 2.35. The fourth-order valence-corrected chi connectivity index (χ4v) is 3.54. The Hall–Kier alpha value is -2.60. The van der Waals surface area contributed by atoms with E-state index in [1.807, 2.05) is 26.8 Å². The lowest BCUT2D eigenvalue weighted by Crippen LogP contribution is -2.14. The van der Waals surface area contributed by atoms with Gasteiger partial charge in [0.1, 0.15) is 11.4 Å². The van der Waals surface area contributed by atoms with E-state index in [9.17, 15) is 18.4 Å². The molecule has 3 heterocycles. The molecule has 5 nitrogen and oxygen atoms in total. The summed E-state index contributed by atoms with van der Waals surface area (Å²) in [5, 5.41) is 9.39. The van der Waals surface area contributed by atoms with E-state index < -0.39 is 17.3 Å². The topological polar surface area (TPSA) is 67.4 Å². The molecule has 0 unspecified atom stereocenters. The number of halogens is 3. The third kappa shape index (κ3) is 3.56. The van der Waals surface area contributed by atoms with E-state index >= 15 is 0 Å². The summed E-state index contributed by atoms with van der Waals surface area (Å²) in [7, 11) is 1.72. The number of alkyl halides is 3. The van der Waals surface area contributed by atoms with Crippen molar-refractivity contribution in [2.45, 2.75) is 37.3 Å². The molecule has 0 fully saturated rings. The van der Waals surface area contributed by atoms with E-state index in [1.165, 1.54) is 6.20 Å². The molecule has 0 aliphatic rings. The average Bonchev–Trinajstić information content (AvgIpc) is 2.97. The maximum Gasteiger partial charge on any atom is 0.433 e. The van der Waals surface area contributed by atoms with Crippen LogP contribution in [0.4, 0.5) is 13.2 Å². The van der Waals surface area contributed by atoms with Crippen molar-refractivity contribution in [3.05, 3.63) is 35.8 Å². The molecule has 3 rings (SSSR count). The molecule has 0 amide bonds. The monoisotopic (exact) mass is 405 g/mol. The van der Waals surface area contributed by atoms with Gasteiger partial charge < -0.3 is 4.57 Å². The first-order valence-electron chi connectivity index (χ1n) is 8.53. The third-order valence-electron chi connectivity index (χ3n) is 4.42. The van der Waals surface area contributed by atoms with Crippen LogP contribution in [-0.4, -0.2) is 25.3 Å². The summed E-state index contributed by atoms with van der Waals surface area (Å²) in [5.74, 6) is 1.22. The van der Waals surface area contributed by atoms with Crippen LogP contribution >= 0.6 is 11.8 Å². The fourth-order valence-electron chi connectivity index (χ4n) is 2.74. The summed E-state index contributed by atoms with van der Waals surface area (Å²) in [5.41, 5.74) is 0.346. The van der Waals surface area contributed by atoms with E-state index in [0.29, 0.717) is 17.0 Å². The van der Waals surface area contributed by atoms with Crippen molar-refractivity contribution in [3.8, 4) is 17.6 Å². The van der Waals surface area contributed by atoms with Crippen LogP contribution in [0.25, 0.3) is 22.6 Å². The van der Waals surface area contributed by atoms with Crippen LogP contribution in [0.1, 0.15) is 32.0 Å². The molecule has 3 aromatic heterocycles. The Labute approximate surface area is 164 Å². The number of fused-ring (bicyclic) bond motifs is 1. The molecule has 3 aromatic rings. The molecule has 0 atom stereocenters. The van der Waals surface area contributed by atoms with Crippen molar-refractivity contribution < 1.29 is 13.2 Å². The fraction of sp³-hybridized carbons (Fsp3) is 0.368. The largest absolute Gasteiger partial charge is 0.433 e. The van der Waals surface area contributed by atoms with Gasteiger partial charge in [0, 0.05) is 18.1 Å². The van der Waals surface area contributed by atoms with Crippen molar-refractivity contribution >= 4 is 22.8 Å². The SMILES string of the molecule is CCSc1cc(C(C)(C)C#N)cnc1-c1nc2cc(C(F)(F)F)ncc2n1C. The predicted octanol–water partition coefficient (Wildman–Crippen LogP) is 4.96. The summed E-state index contributed by atoms with van der Waals surface area (Å²) in [6, 6.07) is 5.10. The maximum absolute atomic E-state index is 13.0. The standard InChI is InChI=1S/C19H18F3N5S/c1-5-28-14-6-11(18(2,3)10-23)8-25-16(14)17-26-12-7-15(19(20,21)22)24-9-13(12)27(17)4/h6-9H,5H2,1-4H3. The molecule has 0 saturated carbocycles. The lowest BCUT2D eigenvalue weighted by molar-refractivity contribution is -0.141. The van der Waals surface area contributed by atoms with Gasteiger partial charge in [0.15, 0.2) is 5.82 Å². The van der Waals surface area contributed by atoms with Crippen LogP contribution in [0.5, 0.6) is 0 Å². The highest BCUT2D eigenvalue weighted by molar-refractivity contribution is 7.99. The zero-order chi connectivity index (χ0) is 20.7. The van der Waals surface area contributed by atoms with Crippen LogP contribution in [-0.2, 0) is 18.6 Å². The molecule has 28 heavy (non-hydrogen) atoms. The van der Waals surface area contributed by atoms with Gasteiger partial charge in [-0.2, -0.15) is 18.4 Å². The summed E-state index contributed by atoms with van der Waals surface area (Å²) in [6.07, 6.45) is -1.73. The lowest BCUT2D eigenvalue weighted by Gasteiger charge is -2.17. The van der Waals surface area contributed by atoms with Gasteiger partial charge in [-0.3, -0.25) is 4.98 Å². The van der Waals surface area contributed by atoms with Gasteiger partial charge in [0.2, 0.25) is 0 Å². The van der Waals surface area contributed by atoms with Crippen LogP contribution in [0.3, 0.4) is 0 Å². The number of hydrogen-bond donors (Lipinski definition) is 0. The lowest BCUT2D eigenvalue weighted by atomic mass is 9.87. The minimum absolute atomic E-state index is 0.204. The Bertz CT molecular complexity index is 1080. The normalized spacial score (nSPS) is 12.4. The second-order valence-electron chi connectivity index (χ2n) is 6.79. The van der Waals surface area contributed by atoms with E-state index in [2.05, 4.69) is 21.0 Å². The zero-order valence-corrected chi connectivity index (χ0v) is 16.6. The van der Waals surface area contributed by atoms with Gasteiger partial charge in [-0.05, 0) is 37.3 Å². The smallest absolute Gasteiger partial charge is 0.325 e. The quantitative estimate of drug-likeness (QED) is 0.574. The first-order valence-corrected chi connectivity index (χ1v) is 9.51. The van der Waals surface area contributed by atoms with Crippen LogP contribution in [0, 0.1) is 11.3 Å². The van der Waals surface area contributed by atoms with Gasteiger partial charge in [-0.1, -0.05) is 6.92 Å². The Morgan fingerprint density at radius 1 is 1.18 bits per heavy atom. The Kier molecular flexibility index (Phi) is 5.10. The van der Waals surface area contributed by atoms with E-state index in [4.69, 9.17) is 0 Å². The van der Waals surface area contributed by atoms with E-state index in [0.717, 1.165) is 22.3 Å². The number of nitriles is 1. The van der Waals surface area contributed by atoms with E-state index in [1.54, 1.807) is 29.6 Å². The number of imidazole rings is 1. The van der Waals surface area contributed by atoms with Gasteiger partial charge in [-0.15, -0.1) is 11.8 Å². The van der Waals surface area contributed by atoms with Crippen LogP contribution < -0.4 is 0 Å². The summed E-state index contributed by atoms with van der Waals surface area (Å²) < 4.78 is 40.6. The number of pyridine rings is 2. The van der Waals surface area contributed by atoms with Gasteiger partial charge >= 0.3 is 6.18 Å². The molecule has 0 saturated heterocycles.